The second-order valence-electron chi connectivity index (χ2n) is 2.87. The first-order chi connectivity index (χ1) is 4.20. The highest BCUT2D eigenvalue weighted by Gasteiger charge is 2.23. The van der Waals surface area contributed by atoms with Crippen LogP contribution < -0.4 is 0 Å². The lowest BCUT2D eigenvalue weighted by Gasteiger charge is -2.20. The summed E-state index contributed by atoms with van der Waals surface area (Å²) in [6.45, 7) is 2.05. The fraction of sp³-hybridized carbons (Fsp3) is 0.857. The Kier molecular flexibility index (Phi) is 1.86. The fourth-order valence-electron chi connectivity index (χ4n) is 1.18. The molecule has 1 saturated carbocycles. The smallest absolute Gasteiger partial charge is 0.161 e. The van der Waals surface area contributed by atoms with E-state index in [2.05, 4.69) is 0 Å². The second kappa shape index (κ2) is 2.48. The molecule has 0 amide bonds. The molecule has 0 radical (unpaired) electrons. The zero-order chi connectivity index (χ0) is 6.85. The fourth-order valence-corrected chi connectivity index (χ4v) is 1.18. The van der Waals surface area contributed by atoms with Crippen LogP contribution in [0.5, 0.6) is 0 Å². The summed E-state index contributed by atoms with van der Waals surface area (Å²) in [5.74, 6) is 0.509. The quantitative estimate of drug-likeness (QED) is 0.522. The maximum absolute atomic E-state index is 10.8. The van der Waals surface area contributed by atoms with E-state index < -0.39 is 6.10 Å². The van der Waals surface area contributed by atoms with Crippen molar-refractivity contribution in [2.75, 3.05) is 0 Å². The highest BCUT2D eigenvalue weighted by molar-refractivity contribution is 5.83. The van der Waals surface area contributed by atoms with Crippen molar-refractivity contribution < 1.29 is 9.90 Å². The van der Waals surface area contributed by atoms with Crippen LogP contribution in [0.4, 0.5) is 0 Å². The van der Waals surface area contributed by atoms with Crippen molar-refractivity contribution in [1.29, 1.82) is 0 Å². The SMILES string of the molecule is CC1CCC(O)C(=O)C1. The number of ketones is 1. The van der Waals surface area contributed by atoms with Crippen LogP contribution in [0.3, 0.4) is 0 Å². The van der Waals surface area contributed by atoms with E-state index in [0.717, 1.165) is 6.42 Å². The van der Waals surface area contributed by atoms with E-state index in [-0.39, 0.29) is 5.78 Å². The van der Waals surface area contributed by atoms with Crippen LogP contribution in [0.2, 0.25) is 0 Å². The highest BCUT2D eigenvalue weighted by Crippen LogP contribution is 2.20. The molecule has 0 aromatic heterocycles. The number of Topliss-reactive ketones (excluding diaryl/α,β-unsaturated/α-hetero) is 1. The molecule has 1 fully saturated rings. The van der Waals surface area contributed by atoms with Gasteiger partial charge in [0.25, 0.3) is 0 Å². The minimum Gasteiger partial charge on any atom is -0.385 e. The number of hydrogen-bond acceptors (Lipinski definition) is 2. The van der Waals surface area contributed by atoms with E-state index >= 15 is 0 Å². The van der Waals surface area contributed by atoms with Crippen molar-refractivity contribution in [3.63, 3.8) is 0 Å². The largest absolute Gasteiger partial charge is 0.385 e. The molecule has 0 bridgehead atoms. The summed E-state index contributed by atoms with van der Waals surface area (Å²) in [5, 5.41) is 8.95. The van der Waals surface area contributed by atoms with E-state index in [1.807, 2.05) is 6.92 Å². The number of carbonyl (C=O) groups is 1. The van der Waals surface area contributed by atoms with Gasteiger partial charge in [-0.15, -0.1) is 0 Å². The zero-order valence-electron chi connectivity index (χ0n) is 5.63. The van der Waals surface area contributed by atoms with E-state index in [0.29, 0.717) is 18.8 Å². The van der Waals surface area contributed by atoms with Gasteiger partial charge in [0.15, 0.2) is 5.78 Å². The Morgan fingerprint density at radius 1 is 1.56 bits per heavy atom. The van der Waals surface area contributed by atoms with Gasteiger partial charge in [-0.2, -0.15) is 0 Å². The highest BCUT2D eigenvalue weighted by atomic mass is 16.3. The summed E-state index contributed by atoms with van der Waals surface area (Å²) in [6.07, 6.45) is 1.58. The summed E-state index contributed by atoms with van der Waals surface area (Å²) in [6, 6.07) is 0. The van der Waals surface area contributed by atoms with Crippen LogP contribution in [0.15, 0.2) is 0 Å². The molecule has 1 aliphatic rings. The van der Waals surface area contributed by atoms with Crippen molar-refractivity contribution >= 4 is 5.78 Å². The van der Waals surface area contributed by atoms with Gasteiger partial charge in [0.2, 0.25) is 0 Å². The Bertz CT molecular complexity index is 120. The van der Waals surface area contributed by atoms with E-state index in [9.17, 15) is 4.79 Å². The minimum absolute atomic E-state index is 0.0220. The molecule has 0 aliphatic heterocycles. The molecular weight excluding hydrogens is 116 g/mol. The summed E-state index contributed by atoms with van der Waals surface area (Å²) < 4.78 is 0. The summed E-state index contributed by atoms with van der Waals surface area (Å²) >= 11 is 0. The molecule has 0 aromatic carbocycles. The first-order valence-electron chi connectivity index (χ1n) is 3.41. The predicted molar refractivity (Wildman–Crippen MR) is 34.0 cm³/mol. The Morgan fingerprint density at radius 3 is 2.67 bits per heavy atom. The number of carbonyl (C=O) groups excluding carboxylic acids is 1. The Hall–Kier alpha value is -0.370. The number of rotatable bonds is 0. The monoisotopic (exact) mass is 128 g/mol. The molecule has 2 heteroatoms. The molecule has 0 aromatic rings. The summed E-state index contributed by atoms with van der Waals surface area (Å²) in [7, 11) is 0. The van der Waals surface area contributed by atoms with Gasteiger partial charge < -0.3 is 5.11 Å². The number of hydrogen-bond donors (Lipinski definition) is 1. The molecule has 0 heterocycles. The van der Waals surface area contributed by atoms with Gasteiger partial charge in [-0.25, -0.2) is 0 Å². The maximum atomic E-state index is 10.8. The van der Waals surface area contributed by atoms with E-state index in [1.54, 1.807) is 0 Å². The third kappa shape index (κ3) is 1.52. The minimum atomic E-state index is -0.652. The lowest BCUT2D eigenvalue weighted by molar-refractivity contribution is -0.130. The predicted octanol–water partition coefficient (Wildman–Crippen LogP) is 0.736. The molecule has 1 rings (SSSR count). The van der Waals surface area contributed by atoms with Crippen LogP contribution in [0.1, 0.15) is 26.2 Å². The topological polar surface area (TPSA) is 37.3 Å². The van der Waals surface area contributed by atoms with Crippen molar-refractivity contribution in [3.8, 4) is 0 Å². The van der Waals surface area contributed by atoms with Crippen molar-refractivity contribution in [1.82, 2.24) is 0 Å². The van der Waals surface area contributed by atoms with E-state index in [4.69, 9.17) is 5.11 Å². The molecule has 0 spiro atoms. The molecule has 0 saturated heterocycles. The summed E-state index contributed by atoms with van der Waals surface area (Å²) in [5.41, 5.74) is 0. The number of aliphatic hydroxyl groups excluding tert-OH is 1. The van der Waals surface area contributed by atoms with Crippen molar-refractivity contribution in [2.45, 2.75) is 32.3 Å². The lowest BCUT2D eigenvalue weighted by atomic mass is 9.88. The van der Waals surface area contributed by atoms with Crippen LogP contribution >= 0.6 is 0 Å². The van der Waals surface area contributed by atoms with Gasteiger partial charge in [0, 0.05) is 6.42 Å². The average Bonchev–Trinajstić information content (AvgIpc) is 1.80. The zero-order valence-corrected chi connectivity index (χ0v) is 5.63. The Balaban J connectivity index is 2.44. The van der Waals surface area contributed by atoms with Gasteiger partial charge in [0.05, 0.1) is 0 Å². The lowest BCUT2D eigenvalue weighted by Crippen LogP contribution is -2.27. The first kappa shape index (κ1) is 6.75. The van der Waals surface area contributed by atoms with Gasteiger partial charge in [-0.1, -0.05) is 6.92 Å². The Labute approximate surface area is 54.9 Å². The molecule has 2 atom stereocenters. The Morgan fingerprint density at radius 2 is 2.22 bits per heavy atom. The van der Waals surface area contributed by atoms with Gasteiger partial charge in [0.1, 0.15) is 6.10 Å². The molecule has 2 nitrogen and oxygen atoms in total. The van der Waals surface area contributed by atoms with Crippen molar-refractivity contribution in [3.05, 3.63) is 0 Å². The van der Waals surface area contributed by atoms with Crippen LogP contribution in [0.25, 0.3) is 0 Å². The first-order valence-corrected chi connectivity index (χ1v) is 3.41. The maximum Gasteiger partial charge on any atom is 0.161 e. The van der Waals surface area contributed by atoms with E-state index in [1.165, 1.54) is 0 Å². The van der Waals surface area contributed by atoms with Crippen LogP contribution in [-0.2, 0) is 4.79 Å². The van der Waals surface area contributed by atoms with Crippen LogP contribution in [-0.4, -0.2) is 17.0 Å². The third-order valence-electron chi connectivity index (χ3n) is 1.85. The molecule has 2 unspecified atom stereocenters. The third-order valence-corrected chi connectivity index (χ3v) is 1.85. The van der Waals surface area contributed by atoms with Gasteiger partial charge in [-0.05, 0) is 18.8 Å². The summed E-state index contributed by atoms with van der Waals surface area (Å²) in [4.78, 5) is 10.8. The second-order valence-corrected chi connectivity index (χ2v) is 2.87. The molecular formula is C7H12O2. The van der Waals surface area contributed by atoms with Crippen molar-refractivity contribution in [2.24, 2.45) is 5.92 Å². The molecule has 1 N–H and O–H groups in total. The molecule has 1 aliphatic carbocycles. The average molecular weight is 128 g/mol. The normalized spacial score (nSPS) is 36.9. The molecule has 52 valence electrons. The number of aliphatic hydroxyl groups is 1. The van der Waals surface area contributed by atoms with Gasteiger partial charge in [-0.3, -0.25) is 4.79 Å². The van der Waals surface area contributed by atoms with Gasteiger partial charge >= 0.3 is 0 Å². The molecule has 9 heavy (non-hydrogen) atoms. The standard InChI is InChI=1S/C7H12O2/c1-5-2-3-6(8)7(9)4-5/h5-6,8H,2-4H2,1H3. The van der Waals surface area contributed by atoms with Crippen LogP contribution in [0, 0.1) is 5.92 Å².